The van der Waals surface area contributed by atoms with Crippen LogP contribution >= 0.6 is 0 Å². The Kier molecular flexibility index (Phi) is 4.89. The zero-order valence-corrected chi connectivity index (χ0v) is 11.7. The summed E-state index contributed by atoms with van der Waals surface area (Å²) in [6.07, 6.45) is -0.182. The fraction of sp³-hybridized carbons (Fsp3) is 0.500. The molecular formula is C14H20FNO3. The van der Waals surface area contributed by atoms with E-state index in [4.69, 9.17) is 10.5 Å². The van der Waals surface area contributed by atoms with Crippen molar-refractivity contribution in [3.05, 3.63) is 29.6 Å². The Bertz CT molecular complexity index is 460. The third-order valence-electron chi connectivity index (χ3n) is 2.85. The van der Waals surface area contributed by atoms with Gasteiger partial charge in [0.05, 0.1) is 13.2 Å². The van der Waals surface area contributed by atoms with Crippen LogP contribution in [0.25, 0.3) is 0 Å². The van der Waals surface area contributed by atoms with Gasteiger partial charge in [0.25, 0.3) is 0 Å². The lowest BCUT2D eigenvalue weighted by Crippen LogP contribution is -2.48. The highest BCUT2D eigenvalue weighted by Crippen LogP contribution is 2.23. The van der Waals surface area contributed by atoms with E-state index in [0.717, 1.165) is 0 Å². The van der Waals surface area contributed by atoms with Gasteiger partial charge in [-0.15, -0.1) is 0 Å². The number of methoxy groups -OCH3 is 1. The highest BCUT2D eigenvalue weighted by molar-refractivity contribution is 5.79. The molecule has 0 aliphatic carbocycles. The van der Waals surface area contributed by atoms with E-state index in [2.05, 4.69) is 4.74 Å². The van der Waals surface area contributed by atoms with Crippen LogP contribution in [0.15, 0.2) is 18.2 Å². The van der Waals surface area contributed by atoms with Crippen molar-refractivity contribution >= 4 is 5.97 Å². The number of benzene rings is 1. The first-order valence-corrected chi connectivity index (χ1v) is 6.07. The molecule has 2 atom stereocenters. The molecule has 0 aliphatic heterocycles. The molecule has 5 heteroatoms. The normalized spacial score (nSPS) is 15.5. The average Bonchev–Trinajstić information content (AvgIpc) is 2.33. The smallest absolute Gasteiger partial charge is 0.325 e. The predicted octanol–water partition coefficient (Wildman–Crippen LogP) is 2.18. The Labute approximate surface area is 112 Å². The van der Waals surface area contributed by atoms with E-state index in [1.807, 2.05) is 0 Å². The number of aryl methyl sites for hydroxylation is 1. The maximum absolute atomic E-state index is 13.8. The van der Waals surface area contributed by atoms with Gasteiger partial charge >= 0.3 is 5.97 Å². The molecule has 0 fully saturated rings. The Morgan fingerprint density at radius 3 is 2.74 bits per heavy atom. The molecule has 1 aromatic carbocycles. The fourth-order valence-electron chi connectivity index (χ4n) is 1.88. The van der Waals surface area contributed by atoms with Crippen molar-refractivity contribution in [3.8, 4) is 5.75 Å². The molecule has 0 saturated heterocycles. The number of rotatable bonds is 5. The van der Waals surface area contributed by atoms with E-state index in [9.17, 15) is 9.18 Å². The molecule has 0 bridgehead atoms. The number of esters is 1. The molecule has 0 radical (unpaired) electrons. The van der Waals surface area contributed by atoms with E-state index in [-0.39, 0.29) is 12.2 Å². The molecule has 1 rings (SSSR count). The summed E-state index contributed by atoms with van der Waals surface area (Å²) in [6.45, 7) is 4.95. The lowest BCUT2D eigenvalue weighted by Gasteiger charge is -2.25. The van der Waals surface area contributed by atoms with Crippen molar-refractivity contribution in [2.75, 3.05) is 7.11 Å². The van der Waals surface area contributed by atoms with Crippen LogP contribution in [0, 0.1) is 12.7 Å². The quantitative estimate of drug-likeness (QED) is 0.832. The molecule has 2 unspecified atom stereocenters. The summed E-state index contributed by atoms with van der Waals surface area (Å²) in [6, 6.07) is 4.92. The maximum Gasteiger partial charge on any atom is 0.325 e. The summed E-state index contributed by atoms with van der Waals surface area (Å²) in [5.41, 5.74) is 5.19. The van der Waals surface area contributed by atoms with Gasteiger partial charge in [0.2, 0.25) is 0 Å². The number of carbonyl (C=O) groups is 1. The first-order valence-electron chi connectivity index (χ1n) is 6.07. The van der Waals surface area contributed by atoms with Gasteiger partial charge in [-0.1, -0.05) is 12.1 Å². The second-order valence-corrected chi connectivity index (χ2v) is 4.93. The summed E-state index contributed by atoms with van der Waals surface area (Å²) in [5, 5.41) is 0. The second kappa shape index (κ2) is 6.02. The van der Waals surface area contributed by atoms with Crippen LogP contribution in [0.5, 0.6) is 5.75 Å². The van der Waals surface area contributed by atoms with Gasteiger partial charge in [0, 0.05) is 6.42 Å². The standard InChI is InChI=1S/C14H20FNO3/c1-9-6-5-7-11(12(9)15)19-10(2)8-14(3,16)13(17)18-4/h5-7,10H,8,16H2,1-4H3. The molecule has 0 aliphatic rings. The van der Waals surface area contributed by atoms with Crippen LogP contribution in [0.1, 0.15) is 25.8 Å². The summed E-state index contributed by atoms with van der Waals surface area (Å²) in [5.74, 6) is -0.757. The molecule has 2 N–H and O–H groups in total. The Balaban J connectivity index is 2.73. The van der Waals surface area contributed by atoms with Gasteiger partial charge in [0.1, 0.15) is 5.54 Å². The Morgan fingerprint density at radius 2 is 2.16 bits per heavy atom. The molecule has 0 saturated carbocycles. The lowest BCUT2D eigenvalue weighted by atomic mass is 9.96. The Hall–Kier alpha value is -1.62. The summed E-state index contributed by atoms with van der Waals surface area (Å²) < 4.78 is 23.9. The van der Waals surface area contributed by atoms with Crippen molar-refractivity contribution in [3.63, 3.8) is 0 Å². The van der Waals surface area contributed by atoms with Crippen LogP contribution in [0.3, 0.4) is 0 Å². The highest BCUT2D eigenvalue weighted by atomic mass is 19.1. The molecule has 19 heavy (non-hydrogen) atoms. The van der Waals surface area contributed by atoms with Crippen LogP contribution in [-0.2, 0) is 9.53 Å². The van der Waals surface area contributed by atoms with Crippen LogP contribution in [-0.4, -0.2) is 24.7 Å². The first kappa shape index (κ1) is 15.4. The summed E-state index contributed by atoms with van der Waals surface area (Å²) >= 11 is 0. The zero-order valence-electron chi connectivity index (χ0n) is 11.7. The third-order valence-corrected chi connectivity index (χ3v) is 2.85. The monoisotopic (exact) mass is 269 g/mol. The molecular weight excluding hydrogens is 249 g/mol. The molecule has 0 spiro atoms. The predicted molar refractivity (Wildman–Crippen MR) is 70.5 cm³/mol. The zero-order chi connectivity index (χ0) is 14.6. The minimum atomic E-state index is -1.16. The number of nitrogens with two attached hydrogens (primary N) is 1. The third kappa shape index (κ3) is 3.92. The van der Waals surface area contributed by atoms with Crippen LogP contribution in [0.4, 0.5) is 4.39 Å². The van der Waals surface area contributed by atoms with E-state index < -0.39 is 23.4 Å². The fourth-order valence-corrected chi connectivity index (χ4v) is 1.88. The summed E-state index contributed by atoms with van der Waals surface area (Å²) in [7, 11) is 1.28. The van der Waals surface area contributed by atoms with Crippen molar-refractivity contribution < 1.29 is 18.7 Å². The number of carbonyl (C=O) groups excluding carboxylic acids is 1. The van der Waals surface area contributed by atoms with E-state index in [1.165, 1.54) is 7.11 Å². The maximum atomic E-state index is 13.8. The molecule has 0 heterocycles. The van der Waals surface area contributed by atoms with Crippen molar-refractivity contribution in [2.24, 2.45) is 5.73 Å². The molecule has 1 aromatic rings. The van der Waals surface area contributed by atoms with Gasteiger partial charge in [-0.05, 0) is 32.4 Å². The van der Waals surface area contributed by atoms with Gasteiger partial charge < -0.3 is 15.2 Å². The van der Waals surface area contributed by atoms with Crippen molar-refractivity contribution in [2.45, 2.75) is 38.8 Å². The topological polar surface area (TPSA) is 61.5 Å². The van der Waals surface area contributed by atoms with Gasteiger partial charge in [-0.25, -0.2) is 4.39 Å². The molecule has 4 nitrogen and oxygen atoms in total. The van der Waals surface area contributed by atoms with E-state index >= 15 is 0 Å². The van der Waals surface area contributed by atoms with Crippen molar-refractivity contribution in [1.29, 1.82) is 0 Å². The minimum absolute atomic E-state index is 0.160. The van der Waals surface area contributed by atoms with Gasteiger partial charge in [-0.3, -0.25) is 4.79 Å². The van der Waals surface area contributed by atoms with E-state index in [0.29, 0.717) is 5.56 Å². The number of ether oxygens (including phenoxy) is 2. The second-order valence-electron chi connectivity index (χ2n) is 4.93. The van der Waals surface area contributed by atoms with Crippen LogP contribution in [0.2, 0.25) is 0 Å². The largest absolute Gasteiger partial charge is 0.488 e. The van der Waals surface area contributed by atoms with Gasteiger partial charge in [-0.2, -0.15) is 0 Å². The molecule has 0 aromatic heterocycles. The molecule has 106 valence electrons. The SMILES string of the molecule is COC(=O)C(C)(N)CC(C)Oc1cccc(C)c1F. The number of halogens is 1. The Morgan fingerprint density at radius 1 is 1.53 bits per heavy atom. The number of hydrogen-bond donors (Lipinski definition) is 1. The average molecular weight is 269 g/mol. The number of hydrogen-bond acceptors (Lipinski definition) is 4. The van der Waals surface area contributed by atoms with Crippen LogP contribution < -0.4 is 10.5 Å². The first-order chi connectivity index (χ1) is 8.77. The lowest BCUT2D eigenvalue weighted by molar-refractivity contribution is -0.147. The minimum Gasteiger partial charge on any atom is -0.488 e. The highest BCUT2D eigenvalue weighted by Gasteiger charge is 2.32. The summed E-state index contributed by atoms with van der Waals surface area (Å²) in [4.78, 5) is 11.5. The van der Waals surface area contributed by atoms with E-state index in [1.54, 1.807) is 39.0 Å². The van der Waals surface area contributed by atoms with Gasteiger partial charge in [0.15, 0.2) is 11.6 Å². The molecule has 0 amide bonds. The van der Waals surface area contributed by atoms with Crippen molar-refractivity contribution in [1.82, 2.24) is 0 Å².